The van der Waals surface area contributed by atoms with Crippen LogP contribution in [0.5, 0.6) is 0 Å². The van der Waals surface area contributed by atoms with Gasteiger partial charge in [-0.25, -0.2) is 4.98 Å². The summed E-state index contributed by atoms with van der Waals surface area (Å²) >= 11 is 0. The summed E-state index contributed by atoms with van der Waals surface area (Å²) in [5, 5.41) is 14.4. The molecule has 0 unspecified atom stereocenters. The molecular weight excluding hydrogens is 260 g/mol. The van der Waals surface area contributed by atoms with Crippen LogP contribution in [0.15, 0.2) is 6.20 Å². The van der Waals surface area contributed by atoms with Crippen molar-refractivity contribution in [1.29, 1.82) is 0 Å². The second-order valence-electron chi connectivity index (χ2n) is 4.55. The molecule has 1 aliphatic rings. The van der Waals surface area contributed by atoms with E-state index >= 15 is 0 Å². The van der Waals surface area contributed by atoms with Crippen LogP contribution in [0.25, 0.3) is 0 Å². The lowest BCUT2D eigenvalue weighted by Gasteiger charge is -2.28. The van der Waals surface area contributed by atoms with Gasteiger partial charge in [0.25, 0.3) is 0 Å². The van der Waals surface area contributed by atoms with Gasteiger partial charge in [0.1, 0.15) is 6.20 Å². The Morgan fingerprint density at radius 2 is 2.05 bits per heavy atom. The summed E-state index contributed by atoms with van der Waals surface area (Å²) in [6, 6.07) is 0. The van der Waals surface area contributed by atoms with Crippen molar-refractivity contribution in [3.05, 3.63) is 16.3 Å². The second-order valence-corrected chi connectivity index (χ2v) is 4.55. The highest BCUT2D eigenvalue weighted by Gasteiger charge is 2.23. The van der Waals surface area contributed by atoms with E-state index in [9.17, 15) is 10.1 Å². The summed E-state index contributed by atoms with van der Waals surface area (Å²) in [5.41, 5.74) is -0.0346. The van der Waals surface area contributed by atoms with Gasteiger partial charge >= 0.3 is 5.69 Å². The van der Waals surface area contributed by atoms with E-state index in [1.807, 2.05) is 23.6 Å². The number of rotatable bonds is 5. The van der Waals surface area contributed by atoms with Crippen molar-refractivity contribution in [2.45, 2.75) is 13.8 Å². The van der Waals surface area contributed by atoms with Crippen LogP contribution >= 0.6 is 0 Å². The molecule has 0 bridgehead atoms. The third-order valence-corrected chi connectivity index (χ3v) is 3.40. The van der Waals surface area contributed by atoms with Crippen molar-refractivity contribution in [3.8, 4) is 0 Å². The van der Waals surface area contributed by atoms with Gasteiger partial charge in [-0.3, -0.25) is 10.1 Å². The standard InChI is InChI=1S/C12H20N6O2/c1-3-16(4-2)11-10(18(19)20)9-14-12(15-11)17-7-5-13-6-8-17/h9,13H,3-8H2,1-2H3. The summed E-state index contributed by atoms with van der Waals surface area (Å²) in [6.07, 6.45) is 1.32. The van der Waals surface area contributed by atoms with Crippen LogP contribution < -0.4 is 15.1 Å². The molecule has 0 amide bonds. The Morgan fingerprint density at radius 3 is 2.60 bits per heavy atom. The van der Waals surface area contributed by atoms with E-state index in [0.717, 1.165) is 26.2 Å². The maximum atomic E-state index is 11.1. The quantitative estimate of drug-likeness (QED) is 0.625. The van der Waals surface area contributed by atoms with Gasteiger partial charge in [-0.05, 0) is 13.8 Å². The highest BCUT2D eigenvalue weighted by molar-refractivity contribution is 5.59. The highest BCUT2D eigenvalue weighted by Crippen LogP contribution is 2.27. The van der Waals surface area contributed by atoms with Crippen LogP contribution in [-0.2, 0) is 0 Å². The maximum absolute atomic E-state index is 11.1. The first-order chi connectivity index (χ1) is 9.67. The smallest absolute Gasteiger partial charge is 0.329 e. The summed E-state index contributed by atoms with van der Waals surface area (Å²) in [5.74, 6) is 0.975. The monoisotopic (exact) mass is 280 g/mol. The summed E-state index contributed by atoms with van der Waals surface area (Å²) in [4.78, 5) is 23.2. The molecule has 1 aromatic rings. The zero-order valence-corrected chi connectivity index (χ0v) is 11.9. The average Bonchev–Trinajstić information content (AvgIpc) is 2.49. The Morgan fingerprint density at radius 1 is 1.40 bits per heavy atom. The first kappa shape index (κ1) is 14.4. The Kier molecular flexibility index (Phi) is 4.67. The topological polar surface area (TPSA) is 87.4 Å². The molecule has 0 saturated carbocycles. The lowest BCUT2D eigenvalue weighted by Crippen LogP contribution is -2.44. The Balaban J connectivity index is 2.36. The van der Waals surface area contributed by atoms with E-state index < -0.39 is 4.92 Å². The predicted molar refractivity (Wildman–Crippen MR) is 77.3 cm³/mol. The molecule has 0 aromatic carbocycles. The summed E-state index contributed by atoms with van der Waals surface area (Å²) < 4.78 is 0. The van der Waals surface area contributed by atoms with Crippen molar-refractivity contribution in [1.82, 2.24) is 15.3 Å². The van der Waals surface area contributed by atoms with E-state index in [4.69, 9.17) is 0 Å². The van der Waals surface area contributed by atoms with E-state index in [-0.39, 0.29) is 5.69 Å². The number of nitrogens with zero attached hydrogens (tertiary/aromatic N) is 5. The SMILES string of the molecule is CCN(CC)c1nc(N2CCNCC2)ncc1[N+](=O)[O-]. The number of hydrogen-bond acceptors (Lipinski definition) is 7. The molecule has 1 N–H and O–H groups in total. The number of anilines is 2. The van der Waals surface area contributed by atoms with Crippen molar-refractivity contribution in [3.63, 3.8) is 0 Å². The largest absolute Gasteiger partial charge is 0.351 e. The molecular formula is C12H20N6O2. The number of nitrogens with one attached hydrogen (secondary N) is 1. The van der Waals surface area contributed by atoms with Gasteiger partial charge in [-0.1, -0.05) is 0 Å². The van der Waals surface area contributed by atoms with Gasteiger partial charge < -0.3 is 15.1 Å². The maximum Gasteiger partial charge on any atom is 0.329 e. The van der Waals surface area contributed by atoms with Crippen molar-refractivity contribution in [2.24, 2.45) is 0 Å². The lowest BCUT2D eigenvalue weighted by atomic mass is 10.3. The van der Waals surface area contributed by atoms with Crippen LogP contribution in [0.4, 0.5) is 17.5 Å². The van der Waals surface area contributed by atoms with Gasteiger partial charge in [0.2, 0.25) is 11.8 Å². The first-order valence-electron chi connectivity index (χ1n) is 6.89. The molecule has 8 nitrogen and oxygen atoms in total. The molecule has 0 atom stereocenters. The van der Waals surface area contributed by atoms with Crippen LogP contribution in [-0.4, -0.2) is 54.2 Å². The first-order valence-corrected chi connectivity index (χ1v) is 6.89. The van der Waals surface area contributed by atoms with Gasteiger partial charge in [0, 0.05) is 39.3 Å². The van der Waals surface area contributed by atoms with Crippen LogP contribution in [0, 0.1) is 10.1 Å². The van der Waals surface area contributed by atoms with Crippen LogP contribution in [0.3, 0.4) is 0 Å². The molecule has 2 heterocycles. The molecule has 0 radical (unpaired) electrons. The summed E-state index contributed by atoms with van der Waals surface area (Å²) in [6.45, 7) is 8.65. The Hall–Kier alpha value is -1.96. The fourth-order valence-electron chi connectivity index (χ4n) is 2.26. The molecule has 1 aromatic heterocycles. The minimum Gasteiger partial charge on any atom is -0.351 e. The van der Waals surface area contributed by atoms with Gasteiger partial charge in [0.05, 0.1) is 4.92 Å². The fourth-order valence-corrected chi connectivity index (χ4v) is 2.26. The second kappa shape index (κ2) is 6.47. The minimum absolute atomic E-state index is 0.0346. The predicted octanol–water partition coefficient (Wildman–Crippen LogP) is 0.641. The molecule has 20 heavy (non-hydrogen) atoms. The molecule has 110 valence electrons. The molecule has 2 rings (SSSR count). The van der Waals surface area contributed by atoms with Crippen LogP contribution in [0.2, 0.25) is 0 Å². The summed E-state index contributed by atoms with van der Waals surface area (Å²) in [7, 11) is 0. The molecule has 0 aliphatic carbocycles. The zero-order valence-electron chi connectivity index (χ0n) is 11.9. The third kappa shape index (κ3) is 2.96. The molecule has 8 heteroatoms. The van der Waals surface area contributed by atoms with E-state index in [1.54, 1.807) is 0 Å². The zero-order chi connectivity index (χ0) is 14.5. The van der Waals surface area contributed by atoms with E-state index in [1.165, 1.54) is 6.20 Å². The highest BCUT2D eigenvalue weighted by atomic mass is 16.6. The number of piperazine rings is 1. The lowest BCUT2D eigenvalue weighted by molar-refractivity contribution is -0.384. The molecule has 1 fully saturated rings. The van der Waals surface area contributed by atoms with E-state index in [0.29, 0.717) is 24.9 Å². The third-order valence-electron chi connectivity index (χ3n) is 3.40. The van der Waals surface area contributed by atoms with Crippen molar-refractivity contribution < 1.29 is 4.92 Å². The van der Waals surface area contributed by atoms with Crippen molar-refractivity contribution in [2.75, 3.05) is 49.1 Å². The normalized spacial score (nSPS) is 15.2. The van der Waals surface area contributed by atoms with Gasteiger partial charge in [-0.15, -0.1) is 0 Å². The van der Waals surface area contributed by atoms with E-state index in [2.05, 4.69) is 15.3 Å². The molecule has 0 spiro atoms. The number of nitro groups is 1. The Bertz CT molecular complexity index is 471. The minimum atomic E-state index is -0.421. The fraction of sp³-hybridized carbons (Fsp3) is 0.667. The van der Waals surface area contributed by atoms with Crippen LogP contribution in [0.1, 0.15) is 13.8 Å². The average molecular weight is 280 g/mol. The Labute approximate surface area is 118 Å². The molecule has 1 aliphatic heterocycles. The van der Waals surface area contributed by atoms with Gasteiger partial charge in [0.15, 0.2) is 0 Å². The number of hydrogen-bond donors (Lipinski definition) is 1. The van der Waals surface area contributed by atoms with Crippen molar-refractivity contribution >= 4 is 17.5 Å². The van der Waals surface area contributed by atoms with Gasteiger partial charge in [-0.2, -0.15) is 4.98 Å². The molecule has 1 saturated heterocycles. The number of aromatic nitrogens is 2.